The molecule has 3 rings (SSSR count). The predicted octanol–water partition coefficient (Wildman–Crippen LogP) is 3.47. The van der Waals surface area contributed by atoms with Gasteiger partial charge >= 0.3 is 0 Å². The molecule has 1 aromatic heterocycles. The van der Waals surface area contributed by atoms with E-state index in [2.05, 4.69) is 5.32 Å². The molecule has 1 amide bonds. The van der Waals surface area contributed by atoms with Gasteiger partial charge in [-0.1, -0.05) is 13.8 Å². The third-order valence-corrected chi connectivity index (χ3v) is 6.64. The number of amides is 1. The number of anilines is 1. The average Bonchev–Trinajstić information content (AvgIpc) is 3.25. The first kappa shape index (κ1) is 20.6. The lowest BCUT2D eigenvalue weighted by atomic mass is 10.2. The van der Waals surface area contributed by atoms with Crippen molar-refractivity contribution in [2.75, 3.05) is 18.4 Å². The fraction of sp³-hybridized carbons (Fsp3) is 0.190. The van der Waals surface area contributed by atoms with Crippen LogP contribution < -0.4 is 5.32 Å². The van der Waals surface area contributed by atoms with Crippen molar-refractivity contribution >= 4 is 21.6 Å². The summed E-state index contributed by atoms with van der Waals surface area (Å²) in [7, 11) is -3.70. The summed E-state index contributed by atoms with van der Waals surface area (Å²) in [5.74, 6) is -0.655. The third kappa shape index (κ3) is 4.33. The van der Waals surface area contributed by atoms with Crippen molar-refractivity contribution in [3.05, 3.63) is 72.6 Å². The predicted molar refractivity (Wildman–Crippen MR) is 112 cm³/mol. The van der Waals surface area contributed by atoms with Crippen LogP contribution in [0.1, 0.15) is 24.2 Å². The molecule has 0 bridgehead atoms. The molecule has 7 nitrogen and oxygen atoms in total. The third-order valence-electron chi connectivity index (χ3n) is 4.59. The average molecular weight is 413 g/mol. The summed E-state index contributed by atoms with van der Waals surface area (Å²) in [6.45, 7) is 4.16. The summed E-state index contributed by atoms with van der Waals surface area (Å²) < 4.78 is 28.6. The number of sulfonamides is 1. The largest absolute Gasteiger partial charge is 0.506 e. The number of phenols is 1. The van der Waals surface area contributed by atoms with Crippen molar-refractivity contribution in [1.29, 1.82) is 0 Å². The van der Waals surface area contributed by atoms with Gasteiger partial charge in [-0.2, -0.15) is 4.31 Å². The highest BCUT2D eigenvalue weighted by molar-refractivity contribution is 7.89. The van der Waals surface area contributed by atoms with Gasteiger partial charge in [-0.15, -0.1) is 0 Å². The minimum Gasteiger partial charge on any atom is -0.506 e. The van der Waals surface area contributed by atoms with Crippen LogP contribution in [0.4, 0.5) is 5.69 Å². The zero-order chi connectivity index (χ0) is 21.0. The summed E-state index contributed by atoms with van der Waals surface area (Å²) in [4.78, 5) is 12.6. The fourth-order valence-corrected chi connectivity index (χ4v) is 4.46. The quantitative estimate of drug-likeness (QED) is 0.580. The van der Waals surface area contributed by atoms with E-state index in [0.29, 0.717) is 18.7 Å². The highest BCUT2D eigenvalue weighted by Crippen LogP contribution is 2.28. The Bertz CT molecular complexity index is 1090. The second kappa shape index (κ2) is 8.50. The molecule has 0 aliphatic heterocycles. The number of aromatic nitrogens is 1. The van der Waals surface area contributed by atoms with E-state index in [1.165, 1.54) is 22.5 Å². The Morgan fingerprint density at radius 1 is 1.03 bits per heavy atom. The van der Waals surface area contributed by atoms with Crippen LogP contribution in [0.25, 0.3) is 5.69 Å². The fourth-order valence-electron chi connectivity index (χ4n) is 2.97. The minimum absolute atomic E-state index is 0.0113. The molecule has 0 atom stereocenters. The molecular weight excluding hydrogens is 390 g/mol. The van der Waals surface area contributed by atoms with Gasteiger partial charge in [0, 0.05) is 36.7 Å². The Morgan fingerprint density at radius 3 is 2.24 bits per heavy atom. The van der Waals surface area contributed by atoms with Crippen molar-refractivity contribution in [3.8, 4) is 11.4 Å². The molecule has 1 heterocycles. The topological polar surface area (TPSA) is 91.6 Å². The zero-order valence-corrected chi connectivity index (χ0v) is 17.1. The maximum Gasteiger partial charge on any atom is 0.255 e. The monoisotopic (exact) mass is 413 g/mol. The smallest absolute Gasteiger partial charge is 0.255 e. The van der Waals surface area contributed by atoms with Crippen LogP contribution >= 0.6 is 0 Å². The molecule has 152 valence electrons. The van der Waals surface area contributed by atoms with Crippen LogP contribution in [0, 0.1) is 0 Å². The number of carbonyl (C=O) groups excluding carboxylic acids is 1. The van der Waals surface area contributed by atoms with Crippen LogP contribution in [0.15, 0.2) is 71.9 Å². The lowest BCUT2D eigenvalue weighted by Crippen LogP contribution is -2.30. The summed E-state index contributed by atoms with van der Waals surface area (Å²) >= 11 is 0. The summed E-state index contributed by atoms with van der Waals surface area (Å²) in [6.07, 6.45) is 3.80. The van der Waals surface area contributed by atoms with Crippen molar-refractivity contribution in [2.24, 2.45) is 0 Å². The molecule has 2 aromatic carbocycles. The molecule has 0 aliphatic carbocycles. The molecule has 0 aliphatic rings. The van der Waals surface area contributed by atoms with Crippen LogP contribution in [0.2, 0.25) is 0 Å². The molecule has 29 heavy (non-hydrogen) atoms. The van der Waals surface area contributed by atoms with Gasteiger partial charge < -0.3 is 15.0 Å². The van der Waals surface area contributed by atoms with Crippen LogP contribution in [0.5, 0.6) is 5.75 Å². The SMILES string of the molecule is CCN(CC)S(=O)(=O)c1ccc(O)c(NC(=O)c2ccc(-n3cccc3)cc2)c1. The number of phenolic OH excluding ortho intramolecular Hbond substituents is 1. The molecule has 0 saturated carbocycles. The molecule has 0 fully saturated rings. The summed E-state index contributed by atoms with van der Waals surface area (Å²) in [5.41, 5.74) is 1.33. The second-order valence-electron chi connectivity index (χ2n) is 6.36. The maximum atomic E-state index is 12.7. The molecule has 0 unspecified atom stereocenters. The first-order chi connectivity index (χ1) is 13.9. The normalized spacial score (nSPS) is 11.6. The zero-order valence-electron chi connectivity index (χ0n) is 16.2. The standard InChI is InChI=1S/C21H23N3O4S/c1-3-24(4-2)29(27,28)18-11-12-20(25)19(15-18)22-21(26)16-7-9-17(10-8-16)23-13-5-6-14-23/h5-15,25H,3-4H2,1-2H3,(H,22,26). The second-order valence-corrected chi connectivity index (χ2v) is 8.30. The Labute approximate surface area is 170 Å². The molecule has 8 heteroatoms. The van der Waals surface area contributed by atoms with Crippen molar-refractivity contribution < 1.29 is 18.3 Å². The lowest BCUT2D eigenvalue weighted by Gasteiger charge is -2.19. The molecular formula is C21H23N3O4S. The van der Waals surface area contributed by atoms with Crippen LogP contribution in [-0.2, 0) is 10.0 Å². The van der Waals surface area contributed by atoms with Gasteiger partial charge in [0.2, 0.25) is 10.0 Å². The Hall–Kier alpha value is -3.10. The Balaban J connectivity index is 1.83. The lowest BCUT2D eigenvalue weighted by molar-refractivity contribution is 0.102. The number of carbonyl (C=O) groups is 1. The highest BCUT2D eigenvalue weighted by atomic mass is 32.2. The molecule has 3 aromatic rings. The first-order valence-corrected chi connectivity index (χ1v) is 10.7. The molecule has 2 N–H and O–H groups in total. The Kier molecular flexibility index (Phi) is 6.05. The minimum atomic E-state index is -3.70. The van der Waals surface area contributed by atoms with Crippen molar-refractivity contribution in [2.45, 2.75) is 18.7 Å². The van der Waals surface area contributed by atoms with Gasteiger partial charge in [-0.25, -0.2) is 8.42 Å². The van der Waals surface area contributed by atoms with Gasteiger partial charge in [0.25, 0.3) is 5.91 Å². The van der Waals surface area contributed by atoms with E-state index >= 15 is 0 Å². The van der Waals surface area contributed by atoms with E-state index in [0.717, 1.165) is 5.69 Å². The number of aromatic hydroxyl groups is 1. The van der Waals surface area contributed by atoms with Gasteiger partial charge in [-0.05, 0) is 54.6 Å². The number of hydrogen-bond acceptors (Lipinski definition) is 4. The highest BCUT2D eigenvalue weighted by Gasteiger charge is 2.23. The molecule has 0 spiro atoms. The molecule has 0 saturated heterocycles. The van der Waals surface area contributed by atoms with E-state index in [1.54, 1.807) is 38.1 Å². The first-order valence-electron chi connectivity index (χ1n) is 9.24. The van der Waals surface area contributed by atoms with Crippen molar-refractivity contribution in [3.63, 3.8) is 0 Å². The van der Waals surface area contributed by atoms with E-state index in [-0.39, 0.29) is 16.3 Å². The van der Waals surface area contributed by atoms with Gasteiger partial charge in [0.15, 0.2) is 0 Å². The number of rotatable bonds is 7. The van der Waals surface area contributed by atoms with E-state index in [4.69, 9.17) is 0 Å². The van der Waals surface area contributed by atoms with Crippen LogP contribution in [0.3, 0.4) is 0 Å². The Morgan fingerprint density at radius 2 is 1.66 bits per heavy atom. The maximum absolute atomic E-state index is 12.7. The van der Waals surface area contributed by atoms with Gasteiger partial charge in [0.05, 0.1) is 10.6 Å². The number of benzene rings is 2. The van der Waals surface area contributed by atoms with E-state index < -0.39 is 15.9 Å². The van der Waals surface area contributed by atoms with Crippen molar-refractivity contribution in [1.82, 2.24) is 8.87 Å². The van der Waals surface area contributed by atoms with E-state index in [1.807, 2.05) is 29.1 Å². The van der Waals surface area contributed by atoms with Gasteiger partial charge in [0.1, 0.15) is 5.75 Å². The number of nitrogens with one attached hydrogen (secondary N) is 1. The summed E-state index contributed by atoms with van der Waals surface area (Å²) in [6, 6.07) is 14.6. The number of hydrogen-bond donors (Lipinski definition) is 2. The molecule has 0 radical (unpaired) electrons. The van der Waals surface area contributed by atoms with Crippen LogP contribution in [-0.4, -0.2) is 41.4 Å². The van der Waals surface area contributed by atoms with E-state index in [9.17, 15) is 18.3 Å². The van der Waals surface area contributed by atoms with Gasteiger partial charge in [-0.3, -0.25) is 4.79 Å². The summed E-state index contributed by atoms with van der Waals surface area (Å²) in [5, 5.41) is 12.7. The number of nitrogens with zero attached hydrogens (tertiary/aromatic N) is 2.